The van der Waals surface area contributed by atoms with Crippen LogP contribution in [0, 0.1) is 0 Å². The molecule has 2 aromatic carbocycles. The lowest BCUT2D eigenvalue weighted by molar-refractivity contribution is -0.122. The number of nitrogens with one attached hydrogen (secondary N) is 3. The molecule has 0 aliphatic rings. The van der Waals surface area contributed by atoms with Gasteiger partial charge in [0.2, 0.25) is 15.9 Å². The Balaban J connectivity index is 1.62. The molecule has 0 saturated heterocycles. The third-order valence-corrected chi connectivity index (χ3v) is 5.78. The Bertz CT molecular complexity index is 1270. The third-order valence-electron chi connectivity index (χ3n) is 4.38. The van der Waals surface area contributed by atoms with Crippen molar-refractivity contribution in [3.63, 3.8) is 0 Å². The fraction of sp³-hybridized carbons (Fsp3) is 0.211. The van der Waals surface area contributed by atoms with E-state index in [1.54, 1.807) is 17.7 Å². The summed E-state index contributed by atoms with van der Waals surface area (Å²) in [5, 5.41) is 0. The van der Waals surface area contributed by atoms with Crippen molar-refractivity contribution < 1.29 is 31.2 Å². The maximum Gasteiger partial charge on any atom is 0.402 e. The minimum absolute atomic E-state index is 0.138. The smallest absolute Gasteiger partial charge is 0.331 e. The van der Waals surface area contributed by atoms with Crippen LogP contribution in [0.25, 0.3) is 11.0 Å². The third kappa shape index (κ3) is 5.62. The van der Waals surface area contributed by atoms with Gasteiger partial charge in [0.05, 0.1) is 22.3 Å². The summed E-state index contributed by atoms with van der Waals surface area (Å²) in [6.45, 7) is -1.75. The molecule has 0 unspecified atom stereocenters. The first kappa shape index (κ1) is 23.2. The summed E-state index contributed by atoms with van der Waals surface area (Å²) in [4.78, 5) is 28.3. The fourth-order valence-corrected chi connectivity index (χ4v) is 3.86. The minimum atomic E-state index is -4.73. The van der Waals surface area contributed by atoms with Gasteiger partial charge in [-0.2, -0.15) is 13.2 Å². The number of hydrogen-bond acceptors (Lipinski definition) is 5. The zero-order valence-corrected chi connectivity index (χ0v) is 17.4. The monoisotopic (exact) mass is 469 g/mol. The Morgan fingerprint density at radius 3 is 2.47 bits per heavy atom. The lowest BCUT2D eigenvalue weighted by Crippen LogP contribution is -2.42. The number of hydrogen-bond donors (Lipinski definition) is 3. The molecular weight excluding hydrogens is 451 g/mol. The number of fused-ring (bicyclic) bond motifs is 1. The van der Waals surface area contributed by atoms with E-state index in [1.165, 1.54) is 16.9 Å². The van der Waals surface area contributed by atoms with E-state index < -0.39 is 39.5 Å². The molecule has 0 saturated carbocycles. The molecule has 9 nitrogen and oxygen atoms in total. The number of aryl methyl sites for hydroxylation is 1. The average Bonchev–Trinajstić information content (AvgIpc) is 3.06. The van der Waals surface area contributed by atoms with Crippen LogP contribution in [0.2, 0.25) is 0 Å². The lowest BCUT2D eigenvalue weighted by atomic mass is 10.2. The van der Waals surface area contributed by atoms with Crippen molar-refractivity contribution in [3.05, 3.63) is 59.9 Å². The molecule has 3 rings (SSSR count). The molecule has 0 bridgehead atoms. The number of alkyl halides is 3. The van der Waals surface area contributed by atoms with E-state index in [9.17, 15) is 31.2 Å². The van der Waals surface area contributed by atoms with Gasteiger partial charge in [0, 0.05) is 12.6 Å². The highest BCUT2D eigenvalue weighted by Gasteiger charge is 2.30. The van der Waals surface area contributed by atoms with Crippen LogP contribution in [0.1, 0.15) is 16.2 Å². The highest BCUT2D eigenvalue weighted by molar-refractivity contribution is 7.89. The summed E-state index contributed by atoms with van der Waals surface area (Å²) >= 11 is 0. The van der Waals surface area contributed by atoms with Crippen LogP contribution in [0.4, 0.5) is 13.2 Å². The Hall–Kier alpha value is -3.45. The molecule has 170 valence electrons. The zero-order chi connectivity index (χ0) is 23.5. The summed E-state index contributed by atoms with van der Waals surface area (Å²) in [6, 6.07) is 11.7. The Morgan fingerprint density at radius 1 is 1.06 bits per heavy atom. The van der Waals surface area contributed by atoms with Crippen molar-refractivity contribution in [1.29, 1.82) is 0 Å². The number of halogens is 3. The second-order valence-electron chi connectivity index (χ2n) is 6.72. The van der Waals surface area contributed by atoms with E-state index in [2.05, 4.69) is 15.8 Å². The second kappa shape index (κ2) is 8.96. The topological polar surface area (TPSA) is 122 Å². The van der Waals surface area contributed by atoms with E-state index in [1.807, 2.05) is 18.2 Å². The van der Waals surface area contributed by atoms with E-state index in [0.717, 1.165) is 17.6 Å². The summed E-state index contributed by atoms with van der Waals surface area (Å²) < 4.78 is 64.0. The number of carbonyl (C=O) groups is 2. The molecule has 2 amide bonds. The highest BCUT2D eigenvalue weighted by atomic mass is 32.2. The predicted octanol–water partition coefficient (Wildman–Crippen LogP) is 1.42. The molecule has 0 fully saturated rings. The minimum Gasteiger partial charge on any atom is -0.331 e. The number of aromatic nitrogens is 2. The first-order chi connectivity index (χ1) is 15.0. The zero-order valence-electron chi connectivity index (χ0n) is 16.6. The van der Waals surface area contributed by atoms with Gasteiger partial charge in [-0.3, -0.25) is 20.4 Å². The van der Waals surface area contributed by atoms with Gasteiger partial charge in [-0.1, -0.05) is 18.2 Å². The molecular formula is C19H18F3N5O4S. The SMILES string of the molecule is Cn1c(CC(=O)NNC(=O)c2cccc(S(=O)(=O)NCC(F)(F)F)c2)nc2ccccc21. The van der Waals surface area contributed by atoms with Gasteiger partial charge in [0.15, 0.2) is 0 Å². The number of para-hydroxylation sites is 2. The maximum absolute atomic E-state index is 12.3. The average molecular weight is 469 g/mol. The van der Waals surface area contributed by atoms with E-state index in [0.29, 0.717) is 11.3 Å². The first-order valence-electron chi connectivity index (χ1n) is 9.12. The molecule has 1 aromatic heterocycles. The Labute approximate surface area is 180 Å². The van der Waals surface area contributed by atoms with Crippen molar-refractivity contribution in [1.82, 2.24) is 25.1 Å². The van der Waals surface area contributed by atoms with Crippen molar-refractivity contribution in [2.24, 2.45) is 7.05 Å². The lowest BCUT2D eigenvalue weighted by Gasteiger charge is -2.11. The molecule has 0 spiro atoms. The summed E-state index contributed by atoms with van der Waals surface area (Å²) in [5.41, 5.74) is 5.69. The van der Waals surface area contributed by atoms with E-state index in [-0.39, 0.29) is 12.0 Å². The van der Waals surface area contributed by atoms with Crippen molar-refractivity contribution in [2.75, 3.05) is 6.54 Å². The highest BCUT2D eigenvalue weighted by Crippen LogP contribution is 2.16. The van der Waals surface area contributed by atoms with Crippen LogP contribution in [0.5, 0.6) is 0 Å². The van der Waals surface area contributed by atoms with Gasteiger partial charge in [-0.15, -0.1) is 0 Å². The van der Waals surface area contributed by atoms with Gasteiger partial charge in [0.25, 0.3) is 5.91 Å². The van der Waals surface area contributed by atoms with Gasteiger partial charge in [-0.05, 0) is 30.3 Å². The summed E-state index contributed by atoms with van der Waals surface area (Å²) in [6.07, 6.45) is -4.87. The van der Waals surface area contributed by atoms with Gasteiger partial charge in [-0.25, -0.2) is 18.1 Å². The molecule has 0 radical (unpaired) electrons. The van der Waals surface area contributed by atoms with Crippen LogP contribution in [0.15, 0.2) is 53.4 Å². The van der Waals surface area contributed by atoms with E-state index >= 15 is 0 Å². The predicted molar refractivity (Wildman–Crippen MR) is 108 cm³/mol. The van der Waals surface area contributed by atoms with Crippen molar-refractivity contribution in [3.8, 4) is 0 Å². The number of rotatable bonds is 6. The number of hydrazine groups is 1. The van der Waals surface area contributed by atoms with Crippen LogP contribution in [-0.2, 0) is 28.3 Å². The number of benzene rings is 2. The first-order valence-corrected chi connectivity index (χ1v) is 10.6. The molecule has 32 heavy (non-hydrogen) atoms. The number of carbonyl (C=O) groups excluding carboxylic acids is 2. The van der Waals surface area contributed by atoms with Crippen LogP contribution in [0.3, 0.4) is 0 Å². The number of imidazole rings is 1. The quantitative estimate of drug-likeness (QED) is 0.472. The number of nitrogens with zero attached hydrogens (tertiary/aromatic N) is 2. The Morgan fingerprint density at radius 2 is 1.78 bits per heavy atom. The van der Waals surface area contributed by atoms with Gasteiger partial charge < -0.3 is 4.57 Å². The summed E-state index contributed by atoms with van der Waals surface area (Å²) in [5.74, 6) is -0.967. The van der Waals surface area contributed by atoms with Crippen molar-refractivity contribution >= 4 is 32.9 Å². The largest absolute Gasteiger partial charge is 0.402 e. The Kier molecular flexibility index (Phi) is 6.50. The standard InChI is InChI=1S/C19H18F3N5O4S/c1-27-15-8-3-2-7-14(15)24-16(27)10-17(28)25-26-18(29)12-5-4-6-13(9-12)32(30,31)23-11-19(20,21)22/h2-9,23H,10-11H2,1H3,(H,25,28)(H,26,29). The molecule has 1 heterocycles. The molecule has 3 aromatic rings. The number of amides is 2. The van der Waals surface area contributed by atoms with Crippen molar-refractivity contribution in [2.45, 2.75) is 17.5 Å². The summed E-state index contributed by atoms with van der Waals surface area (Å²) in [7, 11) is -2.74. The second-order valence-corrected chi connectivity index (χ2v) is 8.49. The molecule has 0 aliphatic heterocycles. The normalized spacial score (nSPS) is 12.0. The van der Waals surface area contributed by atoms with E-state index in [4.69, 9.17) is 0 Å². The maximum atomic E-state index is 12.3. The molecule has 0 aliphatic carbocycles. The van der Waals surface area contributed by atoms with Gasteiger partial charge >= 0.3 is 6.18 Å². The molecule has 3 N–H and O–H groups in total. The van der Waals surface area contributed by atoms with Crippen LogP contribution >= 0.6 is 0 Å². The fourth-order valence-electron chi connectivity index (χ4n) is 2.80. The van der Waals surface area contributed by atoms with Crippen LogP contribution < -0.4 is 15.6 Å². The number of sulfonamides is 1. The molecule has 0 atom stereocenters. The van der Waals surface area contributed by atoms with Gasteiger partial charge in [0.1, 0.15) is 12.4 Å². The molecule has 13 heteroatoms. The van der Waals surface area contributed by atoms with Crippen LogP contribution in [-0.4, -0.2) is 42.5 Å².